The smallest absolute Gasteiger partial charge is 0.163 e. The Kier molecular flexibility index (Phi) is 7.94. The lowest BCUT2D eigenvalue weighted by atomic mass is 9.80. The highest BCUT2D eigenvalue weighted by molar-refractivity contribution is 6.12. The van der Waals surface area contributed by atoms with E-state index >= 15 is 0 Å². The second-order valence-electron chi connectivity index (χ2n) is 16.5. The van der Waals surface area contributed by atoms with Crippen molar-refractivity contribution in [1.29, 1.82) is 0 Å². The molecule has 2 aromatic heterocycles. The van der Waals surface area contributed by atoms with Crippen LogP contribution in [0.3, 0.4) is 0 Å². The molecule has 5 aromatic carbocycles. The lowest BCUT2D eigenvalue weighted by Gasteiger charge is -2.30. The largest absolute Gasteiger partial charge is 0.333 e. The van der Waals surface area contributed by atoms with Crippen molar-refractivity contribution in [3.8, 4) is 11.4 Å². The first kappa shape index (κ1) is 34.4. The van der Waals surface area contributed by atoms with E-state index in [4.69, 9.17) is 15.0 Å². The zero-order valence-corrected chi connectivity index (χ0v) is 32.8. The molecule has 5 nitrogen and oxygen atoms in total. The van der Waals surface area contributed by atoms with Gasteiger partial charge in [0.1, 0.15) is 11.6 Å². The first-order chi connectivity index (χ1) is 28.5. The molecule has 3 atom stereocenters. The van der Waals surface area contributed by atoms with Gasteiger partial charge in [-0.25, -0.2) is 15.0 Å². The van der Waals surface area contributed by atoms with Crippen molar-refractivity contribution >= 4 is 50.0 Å². The zero-order valence-electron chi connectivity index (χ0n) is 32.8. The number of nitrogens with zero attached hydrogens (tertiary/aromatic N) is 5. The van der Waals surface area contributed by atoms with Crippen LogP contribution in [0.15, 0.2) is 182 Å². The summed E-state index contributed by atoms with van der Waals surface area (Å²) in [7, 11) is 0. The van der Waals surface area contributed by atoms with Gasteiger partial charge >= 0.3 is 0 Å². The van der Waals surface area contributed by atoms with Gasteiger partial charge in [-0.15, -0.1) is 0 Å². The fraction of sp³-hybridized carbons (Fsp3) is 0.151. The molecular formula is C53H43N5. The minimum atomic E-state index is -0.408. The molecule has 0 bridgehead atoms. The van der Waals surface area contributed by atoms with Crippen molar-refractivity contribution in [3.05, 3.63) is 205 Å². The molecule has 0 N–H and O–H groups in total. The average molecular weight is 750 g/mol. The van der Waals surface area contributed by atoms with Crippen molar-refractivity contribution in [2.45, 2.75) is 50.0 Å². The third kappa shape index (κ3) is 5.56. The second-order valence-corrected chi connectivity index (χ2v) is 16.5. The minimum absolute atomic E-state index is 0.281. The molecular weight excluding hydrogens is 707 g/mol. The van der Waals surface area contributed by atoms with Crippen LogP contribution in [0.5, 0.6) is 0 Å². The molecule has 0 spiro atoms. The van der Waals surface area contributed by atoms with Gasteiger partial charge in [-0.2, -0.15) is 0 Å². The Morgan fingerprint density at radius 3 is 2.12 bits per heavy atom. The summed E-state index contributed by atoms with van der Waals surface area (Å²) in [5.41, 5.74) is 11.6. The standard InChI is InChI=1S/C53H43N5/c1-52(30-14-5-15-31-52)50-54-49(36-16-6-3-7-17-36)55-51(56-50)53(2)32-28-40(29-33-53)58-46-23-13-11-21-42(46)44-35-38(25-27-48(44)58)37-24-26-47-43(34-37)41-20-10-12-22-45(41)57(47)39-18-8-4-9-19-39/h3-25,27-30,32,34-35,47H,26,31,33H2,1-2H3. The first-order valence-corrected chi connectivity index (χ1v) is 20.4. The molecule has 4 aliphatic rings. The van der Waals surface area contributed by atoms with Crippen LogP contribution in [-0.4, -0.2) is 25.6 Å². The van der Waals surface area contributed by atoms with Crippen molar-refractivity contribution < 1.29 is 0 Å². The van der Waals surface area contributed by atoms with E-state index in [1.807, 2.05) is 18.2 Å². The van der Waals surface area contributed by atoms with Crippen LogP contribution in [0.1, 0.15) is 55.9 Å². The lowest BCUT2D eigenvalue weighted by molar-refractivity contribution is 0.509. The number of hydrogen-bond donors (Lipinski definition) is 0. The molecule has 1 aliphatic heterocycles. The van der Waals surface area contributed by atoms with Gasteiger partial charge in [-0.05, 0) is 98.4 Å². The summed E-state index contributed by atoms with van der Waals surface area (Å²) in [6.45, 7) is 4.47. The topological polar surface area (TPSA) is 46.8 Å². The molecule has 11 rings (SSSR count). The maximum atomic E-state index is 5.24. The van der Waals surface area contributed by atoms with Gasteiger partial charge in [-0.3, -0.25) is 0 Å². The van der Waals surface area contributed by atoms with Crippen LogP contribution >= 0.6 is 0 Å². The third-order valence-electron chi connectivity index (χ3n) is 12.6. The number of hydrogen-bond acceptors (Lipinski definition) is 4. The molecule has 0 radical (unpaired) electrons. The van der Waals surface area contributed by atoms with E-state index in [0.717, 1.165) is 48.0 Å². The van der Waals surface area contributed by atoms with E-state index in [-0.39, 0.29) is 11.5 Å². The Morgan fingerprint density at radius 1 is 0.621 bits per heavy atom. The van der Waals surface area contributed by atoms with Crippen LogP contribution in [0.4, 0.5) is 11.4 Å². The minimum Gasteiger partial charge on any atom is -0.333 e. The molecule has 58 heavy (non-hydrogen) atoms. The van der Waals surface area contributed by atoms with Crippen LogP contribution in [-0.2, 0) is 10.8 Å². The highest BCUT2D eigenvalue weighted by Gasteiger charge is 2.37. The van der Waals surface area contributed by atoms with Gasteiger partial charge in [0.15, 0.2) is 5.82 Å². The van der Waals surface area contributed by atoms with Crippen LogP contribution in [0.2, 0.25) is 0 Å². The Balaban J connectivity index is 0.950. The van der Waals surface area contributed by atoms with E-state index in [2.05, 4.69) is 187 Å². The first-order valence-electron chi connectivity index (χ1n) is 20.4. The molecule has 0 amide bonds. The zero-order chi connectivity index (χ0) is 38.8. The molecule has 280 valence electrons. The second kappa shape index (κ2) is 13.4. The van der Waals surface area contributed by atoms with Crippen molar-refractivity contribution in [3.63, 3.8) is 0 Å². The molecule has 0 fully saturated rings. The predicted octanol–water partition coefficient (Wildman–Crippen LogP) is 12.6. The SMILES string of the molecule is CC1(c2nc(-c3ccccc3)nc(C3(C)C=CC(n4c5ccccc5c5cc(C6=CCC7C(=C6)c6ccccc6N7c6ccccc6)ccc54)=CC3)n2)C=CC=CC1. The number of anilines is 2. The monoisotopic (exact) mass is 749 g/mol. The summed E-state index contributed by atoms with van der Waals surface area (Å²) in [5, 5.41) is 2.51. The molecule has 0 saturated carbocycles. The van der Waals surface area contributed by atoms with Crippen LogP contribution in [0.25, 0.3) is 50.0 Å². The van der Waals surface area contributed by atoms with Gasteiger partial charge in [0.05, 0.1) is 17.1 Å². The van der Waals surface area contributed by atoms with Gasteiger partial charge in [0.25, 0.3) is 0 Å². The lowest BCUT2D eigenvalue weighted by Crippen LogP contribution is -2.29. The van der Waals surface area contributed by atoms with E-state index in [0.29, 0.717) is 0 Å². The molecule has 7 aromatic rings. The Labute approximate surface area is 339 Å². The van der Waals surface area contributed by atoms with Crippen LogP contribution < -0.4 is 4.90 Å². The van der Waals surface area contributed by atoms with Gasteiger partial charge in [0.2, 0.25) is 0 Å². The van der Waals surface area contributed by atoms with E-state index in [1.54, 1.807) is 0 Å². The molecule has 3 heterocycles. The van der Waals surface area contributed by atoms with Gasteiger partial charge in [0, 0.05) is 49.8 Å². The number of aromatic nitrogens is 4. The summed E-state index contributed by atoms with van der Waals surface area (Å²) < 4.78 is 2.42. The van der Waals surface area contributed by atoms with Gasteiger partial charge in [-0.1, -0.05) is 134 Å². The quantitative estimate of drug-likeness (QED) is 0.170. The molecule has 3 unspecified atom stereocenters. The number of allylic oxidation sites excluding steroid dienone is 10. The third-order valence-corrected chi connectivity index (χ3v) is 12.6. The fourth-order valence-electron chi connectivity index (χ4n) is 9.38. The molecule has 3 aliphatic carbocycles. The summed E-state index contributed by atoms with van der Waals surface area (Å²) in [6.07, 6.45) is 23.0. The number of fused-ring (bicyclic) bond motifs is 6. The number of benzene rings is 5. The fourth-order valence-corrected chi connectivity index (χ4v) is 9.38. The Hall–Kier alpha value is -6.85. The predicted molar refractivity (Wildman–Crippen MR) is 240 cm³/mol. The maximum absolute atomic E-state index is 5.24. The van der Waals surface area contributed by atoms with Crippen LogP contribution in [0, 0.1) is 0 Å². The average Bonchev–Trinajstić information content (AvgIpc) is 3.79. The van der Waals surface area contributed by atoms with Crippen molar-refractivity contribution in [1.82, 2.24) is 19.5 Å². The highest BCUT2D eigenvalue weighted by atomic mass is 15.2. The summed E-state index contributed by atoms with van der Waals surface area (Å²) >= 11 is 0. The Morgan fingerprint density at radius 2 is 1.34 bits per heavy atom. The van der Waals surface area contributed by atoms with E-state index < -0.39 is 5.41 Å². The van der Waals surface area contributed by atoms with Crippen molar-refractivity contribution in [2.75, 3.05) is 4.90 Å². The Bertz CT molecular complexity index is 2960. The molecule has 0 saturated heterocycles. The summed E-state index contributed by atoms with van der Waals surface area (Å²) in [6, 6.07) is 46.0. The maximum Gasteiger partial charge on any atom is 0.163 e. The normalized spacial score (nSPS) is 22.1. The number of rotatable bonds is 6. The summed E-state index contributed by atoms with van der Waals surface area (Å²) in [4.78, 5) is 18.0. The number of para-hydroxylation sites is 3. The highest BCUT2D eigenvalue weighted by Crippen LogP contribution is 2.49. The molecule has 5 heteroatoms. The van der Waals surface area contributed by atoms with Crippen molar-refractivity contribution in [2.24, 2.45) is 0 Å². The van der Waals surface area contributed by atoms with Gasteiger partial charge < -0.3 is 9.47 Å². The van der Waals surface area contributed by atoms with E-state index in [9.17, 15) is 0 Å². The van der Waals surface area contributed by atoms with E-state index in [1.165, 1.54) is 55.5 Å². The summed E-state index contributed by atoms with van der Waals surface area (Å²) in [5.74, 6) is 2.33.